The third kappa shape index (κ3) is 2.57. The van der Waals surface area contributed by atoms with Gasteiger partial charge in [-0.15, -0.1) is 0 Å². The van der Waals surface area contributed by atoms with Gasteiger partial charge < -0.3 is 10.5 Å². The normalized spacial score (nSPS) is 10.2. The number of nitrogen functional groups attached to an aromatic ring is 1. The van der Waals surface area contributed by atoms with Gasteiger partial charge in [-0.2, -0.15) is 0 Å². The van der Waals surface area contributed by atoms with Gasteiger partial charge in [-0.3, -0.25) is 4.79 Å². The van der Waals surface area contributed by atoms with Gasteiger partial charge in [0.25, 0.3) is 0 Å². The lowest BCUT2D eigenvalue weighted by Crippen LogP contribution is -2.10. The van der Waals surface area contributed by atoms with Crippen LogP contribution in [0.2, 0.25) is 0 Å². The first-order valence-electron chi connectivity index (χ1n) is 6.12. The Morgan fingerprint density at radius 2 is 2.05 bits per heavy atom. The Hall–Kier alpha value is -2.36. The molecule has 1 aromatic carbocycles. The van der Waals surface area contributed by atoms with E-state index in [0.29, 0.717) is 23.5 Å². The monoisotopic (exact) mass is 256 g/mol. The number of pyridine rings is 1. The van der Waals surface area contributed by atoms with Gasteiger partial charge in [-0.05, 0) is 37.6 Å². The molecule has 2 aromatic rings. The van der Waals surface area contributed by atoms with Crippen LogP contribution in [0.5, 0.6) is 5.75 Å². The first-order chi connectivity index (χ1) is 9.15. The number of ketones is 1. The predicted molar refractivity (Wildman–Crippen MR) is 74.4 cm³/mol. The lowest BCUT2D eigenvalue weighted by Gasteiger charge is -2.11. The maximum atomic E-state index is 12.6. The number of para-hydroxylation sites is 1. The number of rotatable bonds is 4. The molecule has 1 aromatic heterocycles. The maximum Gasteiger partial charge on any atom is 0.200 e. The molecule has 0 bridgehead atoms. The Labute approximate surface area is 112 Å². The number of aromatic nitrogens is 1. The van der Waals surface area contributed by atoms with Crippen LogP contribution >= 0.6 is 0 Å². The molecule has 1 heterocycles. The van der Waals surface area contributed by atoms with Gasteiger partial charge >= 0.3 is 0 Å². The molecule has 0 fully saturated rings. The van der Waals surface area contributed by atoms with Crippen molar-refractivity contribution in [3.05, 3.63) is 53.2 Å². The lowest BCUT2D eigenvalue weighted by atomic mass is 9.99. The smallest absolute Gasteiger partial charge is 0.200 e. The first kappa shape index (κ1) is 13.1. The van der Waals surface area contributed by atoms with Crippen LogP contribution in [-0.4, -0.2) is 17.4 Å². The molecule has 0 unspecified atom stereocenters. The summed E-state index contributed by atoms with van der Waals surface area (Å²) >= 11 is 0. The summed E-state index contributed by atoms with van der Waals surface area (Å²) in [7, 11) is 0. The second-order valence-corrected chi connectivity index (χ2v) is 4.15. The molecule has 4 nitrogen and oxygen atoms in total. The third-order valence-electron chi connectivity index (χ3n) is 2.85. The zero-order valence-corrected chi connectivity index (χ0v) is 11.0. The molecule has 0 radical (unpaired) electrons. The number of carbonyl (C=O) groups is 1. The summed E-state index contributed by atoms with van der Waals surface area (Å²) < 4.78 is 5.48. The van der Waals surface area contributed by atoms with Gasteiger partial charge in [-0.25, -0.2) is 4.98 Å². The van der Waals surface area contributed by atoms with E-state index in [1.807, 2.05) is 19.9 Å². The van der Waals surface area contributed by atoms with Crippen molar-refractivity contribution in [2.24, 2.45) is 0 Å². The highest BCUT2D eigenvalue weighted by Gasteiger charge is 2.19. The molecule has 0 amide bonds. The number of hydrogen-bond acceptors (Lipinski definition) is 4. The minimum atomic E-state index is -0.160. The summed E-state index contributed by atoms with van der Waals surface area (Å²) in [4.78, 5) is 16.6. The van der Waals surface area contributed by atoms with Gasteiger partial charge in [0, 0.05) is 6.20 Å². The van der Waals surface area contributed by atoms with Gasteiger partial charge in [0.1, 0.15) is 11.6 Å². The fourth-order valence-corrected chi connectivity index (χ4v) is 1.94. The van der Waals surface area contributed by atoms with Crippen molar-refractivity contribution in [3.8, 4) is 5.75 Å². The van der Waals surface area contributed by atoms with Crippen molar-refractivity contribution in [2.75, 3.05) is 12.3 Å². The van der Waals surface area contributed by atoms with Crippen LogP contribution in [-0.2, 0) is 0 Å². The second kappa shape index (κ2) is 5.52. The van der Waals surface area contributed by atoms with Gasteiger partial charge in [0.05, 0.1) is 17.7 Å². The van der Waals surface area contributed by atoms with Gasteiger partial charge in [0.2, 0.25) is 5.78 Å². The first-order valence-corrected chi connectivity index (χ1v) is 6.12. The summed E-state index contributed by atoms with van der Waals surface area (Å²) in [5.41, 5.74) is 7.57. The Kier molecular flexibility index (Phi) is 3.80. The highest BCUT2D eigenvalue weighted by atomic mass is 16.5. The number of anilines is 1. The molecule has 98 valence electrons. The highest BCUT2D eigenvalue weighted by molar-refractivity contribution is 6.14. The van der Waals surface area contributed by atoms with Crippen molar-refractivity contribution < 1.29 is 9.53 Å². The molecule has 4 heteroatoms. The third-order valence-corrected chi connectivity index (χ3v) is 2.85. The molecule has 0 aliphatic carbocycles. The number of carbonyl (C=O) groups excluding carboxylic acids is 1. The predicted octanol–water partition coefficient (Wildman–Crippen LogP) is 2.60. The van der Waals surface area contributed by atoms with Crippen LogP contribution < -0.4 is 10.5 Å². The molecule has 0 saturated heterocycles. The lowest BCUT2D eigenvalue weighted by molar-refractivity contribution is 0.103. The summed E-state index contributed by atoms with van der Waals surface area (Å²) in [6, 6.07) is 8.92. The number of aryl methyl sites for hydroxylation is 1. The molecule has 2 rings (SSSR count). The number of nitrogens with zero attached hydrogens (tertiary/aromatic N) is 1. The minimum Gasteiger partial charge on any atom is -0.493 e. The van der Waals surface area contributed by atoms with Crippen LogP contribution in [0.4, 0.5) is 5.82 Å². The molecule has 0 spiro atoms. The van der Waals surface area contributed by atoms with Crippen LogP contribution in [0.25, 0.3) is 0 Å². The van der Waals surface area contributed by atoms with E-state index < -0.39 is 0 Å². The van der Waals surface area contributed by atoms with E-state index in [1.165, 1.54) is 0 Å². The van der Waals surface area contributed by atoms with Crippen LogP contribution in [0.15, 0.2) is 36.5 Å². The maximum absolute atomic E-state index is 12.6. The SMILES string of the molecule is CCOc1ccccc1C(=O)c1c(C)ccnc1N. The molecule has 2 N–H and O–H groups in total. The molecular formula is C15H16N2O2. The zero-order chi connectivity index (χ0) is 13.8. The quantitative estimate of drug-likeness (QED) is 0.854. The average molecular weight is 256 g/mol. The number of hydrogen-bond donors (Lipinski definition) is 1. The molecule has 19 heavy (non-hydrogen) atoms. The second-order valence-electron chi connectivity index (χ2n) is 4.15. The van der Waals surface area contributed by atoms with Crippen LogP contribution in [0.3, 0.4) is 0 Å². The van der Waals surface area contributed by atoms with Crippen molar-refractivity contribution in [1.82, 2.24) is 4.98 Å². The molecule has 0 saturated carbocycles. The Morgan fingerprint density at radius 1 is 1.32 bits per heavy atom. The molecule has 0 atom stereocenters. The van der Waals surface area contributed by atoms with E-state index in [4.69, 9.17) is 10.5 Å². The van der Waals surface area contributed by atoms with Crippen LogP contribution in [0.1, 0.15) is 28.4 Å². The largest absolute Gasteiger partial charge is 0.493 e. The van der Waals surface area contributed by atoms with Crippen molar-refractivity contribution in [3.63, 3.8) is 0 Å². The zero-order valence-electron chi connectivity index (χ0n) is 11.0. The number of nitrogens with two attached hydrogens (primary N) is 1. The van der Waals surface area contributed by atoms with E-state index in [9.17, 15) is 4.79 Å². The van der Waals surface area contributed by atoms with Crippen molar-refractivity contribution in [2.45, 2.75) is 13.8 Å². The topological polar surface area (TPSA) is 65.2 Å². The molecule has 0 aliphatic rings. The summed E-state index contributed by atoms with van der Waals surface area (Å²) in [6.45, 7) is 4.23. The standard InChI is InChI=1S/C15H16N2O2/c1-3-19-12-7-5-4-6-11(12)14(18)13-10(2)8-9-17-15(13)16/h4-9H,3H2,1-2H3,(H2,16,17). The van der Waals surface area contributed by atoms with E-state index in [1.54, 1.807) is 30.5 Å². The molecular weight excluding hydrogens is 240 g/mol. The van der Waals surface area contributed by atoms with Crippen molar-refractivity contribution in [1.29, 1.82) is 0 Å². The number of ether oxygens (including phenoxy) is 1. The van der Waals surface area contributed by atoms with Crippen LogP contribution in [0, 0.1) is 6.92 Å². The van der Waals surface area contributed by atoms with E-state index in [2.05, 4.69) is 4.98 Å². The van der Waals surface area contributed by atoms with Gasteiger partial charge in [0.15, 0.2) is 0 Å². The van der Waals surface area contributed by atoms with E-state index >= 15 is 0 Å². The average Bonchev–Trinajstić information content (AvgIpc) is 2.39. The summed E-state index contributed by atoms with van der Waals surface area (Å²) in [5.74, 6) is 0.654. The van der Waals surface area contributed by atoms with Gasteiger partial charge in [-0.1, -0.05) is 12.1 Å². The molecule has 0 aliphatic heterocycles. The Balaban J connectivity index is 2.50. The Morgan fingerprint density at radius 3 is 2.74 bits per heavy atom. The number of benzene rings is 1. The van der Waals surface area contributed by atoms with E-state index in [-0.39, 0.29) is 11.6 Å². The minimum absolute atomic E-state index is 0.160. The summed E-state index contributed by atoms with van der Waals surface area (Å²) in [6.07, 6.45) is 1.59. The van der Waals surface area contributed by atoms with Crippen molar-refractivity contribution >= 4 is 11.6 Å². The van der Waals surface area contributed by atoms with E-state index in [0.717, 1.165) is 5.56 Å². The highest BCUT2D eigenvalue weighted by Crippen LogP contribution is 2.25. The fraction of sp³-hybridized carbons (Fsp3) is 0.200. The fourth-order valence-electron chi connectivity index (χ4n) is 1.94. The summed E-state index contributed by atoms with van der Waals surface area (Å²) in [5, 5.41) is 0. The Bertz CT molecular complexity index is 589.